The lowest BCUT2D eigenvalue weighted by atomic mass is 10.0. The molecule has 2 rings (SSSR count). The Labute approximate surface area is 215 Å². The average molecular weight is 536 g/mol. The minimum Gasteiger partial charge on any atom is -0.481 e. The average Bonchev–Trinajstić information content (AvgIpc) is 3.26. The van der Waals surface area contributed by atoms with E-state index in [2.05, 4.69) is 15.6 Å². The van der Waals surface area contributed by atoms with Crippen molar-refractivity contribution in [1.29, 1.82) is 0 Å². The maximum absolute atomic E-state index is 12.7. The summed E-state index contributed by atoms with van der Waals surface area (Å²) in [6.45, 7) is -1.00. The highest BCUT2D eigenvalue weighted by atomic mass is 16.4. The number of carboxylic acids is 3. The van der Waals surface area contributed by atoms with Crippen LogP contribution < -0.4 is 21.7 Å². The van der Waals surface area contributed by atoms with Gasteiger partial charge in [0.15, 0.2) is 0 Å². The summed E-state index contributed by atoms with van der Waals surface area (Å²) in [4.78, 5) is 74.1. The first-order chi connectivity index (χ1) is 17.9. The molecule has 0 saturated heterocycles. The largest absolute Gasteiger partial charge is 0.481 e. The smallest absolute Gasteiger partial charge is 0.326 e. The van der Waals surface area contributed by atoms with Gasteiger partial charge < -0.3 is 47.1 Å². The molecule has 0 radical (unpaired) electrons. The number of hydrogen-bond donors (Lipinski definition) is 9. The number of H-pyrrole nitrogens is 1. The Kier molecular flexibility index (Phi) is 10.7. The number of carbonyl (C=O) groups excluding carboxylic acids is 3. The van der Waals surface area contributed by atoms with Gasteiger partial charge in [-0.3, -0.25) is 24.0 Å². The lowest BCUT2D eigenvalue weighted by Gasteiger charge is -2.23. The molecule has 0 aliphatic heterocycles. The van der Waals surface area contributed by atoms with Crippen LogP contribution in [0.5, 0.6) is 0 Å². The fourth-order valence-corrected chi connectivity index (χ4v) is 3.56. The molecular formula is C23H29N5O10. The van der Waals surface area contributed by atoms with Crippen LogP contribution in [-0.2, 0) is 35.2 Å². The SMILES string of the molecule is NC(Cc1c[nH]c2ccccc12)C(=O)NC(CC(=O)O)C(=O)NC(CO)C(=O)NC(CCC(=O)O)C(=O)O. The maximum Gasteiger partial charge on any atom is 0.326 e. The second kappa shape index (κ2) is 13.7. The van der Waals surface area contributed by atoms with Gasteiger partial charge in [-0.05, 0) is 24.5 Å². The zero-order valence-corrected chi connectivity index (χ0v) is 20.0. The third kappa shape index (κ3) is 8.56. The molecule has 3 amide bonds. The molecule has 1 aromatic heterocycles. The molecule has 206 valence electrons. The van der Waals surface area contributed by atoms with Crippen molar-refractivity contribution >= 4 is 46.5 Å². The standard InChI is InChI=1S/C23H29N5O10/c24-13(7-11-9-25-14-4-2-1-3-12(11)14)20(34)27-16(8-19(32)33)21(35)28-17(10-29)22(36)26-15(23(37)38)5-6-18(30)31/h1-4,9,13,15-17,25,29H,5-8,10,24H2,(H,26,36)(H,27,34)(H,28,35)(H,30,31)(H,32,33)(H,37,38). The molecule has 0 aliphatic rings. The summed E-state index contributed by atoms with van der Waals surface area (Å²) in [5.74, 6) is -7.45. The molecule has 0 saturated carbocycles. The number of rotatable bonds is 15. The highest BCUT2D eigenvalue weighted by Gasteiger charge is 2.31. The number of aromatic nitrogens is 1. The maximum atomic E-state index is 12.7. The van der Waals surface area contributed by atoms with E-state index in [9.17, 15) is 44.1 Å². The summed E-state index contributed by atoms with van der Waals surface area (Å²) >= 11 is 0. The Morgan fingerprint density at radius 2 is 1.45 bits per heavy atom. The monoisotopic (exact) mass is 535 g/mol. The van der Waals surface area contributed by atoms with Crippen LogP contribution in [0.4, 0.5) is 0 Å². The Hall–Kier alpha value is -4.50. The Morgan fingerprint density at radius 3 is 2.05 bits per heavy atom. The molecule has 0 spiro atoms. The number of nitrogens with one attached hydrogen (secondary N) is 4. The summed E-state index contributed by atoms with van der Waals surface area (Å²) in [7, 11) is 0. The molecule has 0 fully saturated rings. The van der Waals surface area contributed by atoms with Crippen LogP contribution in [-0.4, -0.2) is 91.8 Å². The van der Waals surface area contributed by atoms with Crippen molar-refractivity contribution in [3.63, 3.8) is 0 Å². The molecule has 15 nitrogen and oxygen atoms in total. The van der Waals surface area contributed by atoms with Gasteiger partial charge in [0.1, 0.15) is 18.1 Å². The fraction of sp³-hybridized carbons (Fsp3) is 0.391. The third-order valence-corrected chi connectivity index (χ3v) is 5.54. The molecule has 4 unspecified atom stereocenters. The predicted molar refractivity (Wildman–Crippen MR) is 130 cm³/mol. The van der Waals surface area contributed by atoms with Crippen molar-refractivity contribution in [2.75, 3.05) is 6.61 Å². The van der Waals surface area contributed by atoms with Gasteiger partial charge in [-0.1, -0.05) is 18.2 Å². The van der Waals surface area contributed by atoms with Crippen LogP contribution in [0.2, 0.25) is 0 Å². The molecule has 4 atom stereocenters. The van der Waals surface area contributed by atoms with E-state index in [1.54, 1.807) is 12.3 Å². The van der Waals surface area contributed by atoms with Crippen molar-refractivity contribution in [2.24, 2.45) is 5.73 Å². The second-order valence-electron chi connectivity index (χ2n) is 8.40. The Balaban J connectivity index is 2.06. The van der Waals surface area contributed by atoms with Crippen molar-refractivity contribution in [3.05, 3.63) is 36.0 Å². The number of hydrogen-bond acceptors (Lipinski definition) is 8. The number of aliphatic hydroxyl groups excluding tert-OH is 1. The van der Waals surface area contributed by atoms with Crippen molar-refractivity contribution in [3.8, 4) is 0 Å². The highest BCUT2D eigenvalue weighted by molar-refractivity contribution is 5.96. The van der Waals surface area contributed by atoms with Crippen molar-refractivity contribution in [1.82, 2.24) is 20.9 Å². The number of benzene rings is 1. The van der Waals surface area contributed by atoms with E-state index in [0.717, 1.165) is 16.5 Å². The third-order valence-electron chi connectivity index (χ3n) is 5.54. The van der Waals surface area contributed by atoms with Crippen LogP contribution in [0.15, 0.2) is 30.5 Å². The minimum absolute atomic E-state index is 0.0614. The normalized spacial score (nSPS) is 14.1. The van der Waals surface area contributed by atoms with Gasteiger partial charge in [-0.2, -0.15) is 0 Å². The highest BCUT2D eigenvalue weighted by Crippen LogP contribution is 2.18. The molecule has 1 heterocycles. The molecule has 1 aromatic carbocycles. The van der Waals surface area contributed by atoms with Gasteiger partial charge in [-0.15, -0.1) is 0 Å². The van der Waals surface area contributed by atoms with Crippen molar-refractivity contribution < 1.29 is 49.2 Å². The first-order valence-electron chi connectivity index (χ1n) is 11.4. The summed E-state index contributed by atoms with van der Waals surface area (Å²) in [5.41, 5.74) is 7.52. The van der Waals surface area contributed by atoms with E-state index >= 15 is 0 Å². The number of carbonyl (C=O) groups is 6. The number of fused-ring (bicyclic) bond motifs is 1. The van der Waals surface area contributed by atoms with E-state index in [-0.39, 0.29) is 6.42 Å². The lowest BCUT2D eigenvalue weighted by Crippen LogP contribution is -2.58. The summed E-state index contributed by atoms with van der Waals surface area (Å²) in [6, 6.07) is 1.08. The topological polar surface area (TPSA) is 261 Å². The molecule has 0 aliphatic carbocycles. The number of carboxylic acid groups (broad SMARTS) is 3. The minimum atomic E-state index is -1.72. The molecule has 38 heavy (non-hydrogen) atoms. The molecular weight excluding hydrogens is 506 g/mol. The van der Waals surface area contributed by atoms with Gasteiger partial charge in [0.2, 0.25) is 17.7 Å². The molecule has 2 aromatic rings. The molecule has 0 bridgehead atoms. The first kappa shape index (κ1) is 29.7. The summed E-state index contributed by atoms with van der Waals surface area (Å²) in [5, 5.41) is 43.7. The van der Waals surface area contributed by atoms with E-state index in [1.807, 2.05) is 23.5 Å². The first-order valence-corrected chi connectivity index (χ1v) is 11.4. The zero-order chi connectivity index (χ0) is 28.4. The van der Waals surface area contributed by atoms with Crippen LogP contribution in [0.3, 0.4) is 0 Å². The van der Waals surface area contributed by atoms with Gasteiger partial charge in [0.25, 0.3) is 0 Å². The van der Waals surface area contributed by atoms with Gasteiger partial charge in [0.05, 0.1) is 19.1 Å². The number of amides is 3. The van der Waals surface area contributed by atoms with Crippen LogP contribution >= 0.6 is 0 Å². The zero-order valence-electron chi connectivity index (χ0n) is 20.0. The summed E-state index contributed by atoms with van der Waals surface area (Å²) < 4.78 is 0. The van der Waals surface area contributed by atoms with E-state index < -0.39 is 85.7 Å². The summed E-state index contributed by atoms with van der Waals surface area (Å²) in [6.07, 6.45) is -0.183. The van der Waals surface area contributed by atoms with E-state index in [1.165, 1.54) is 0 Å². The fourth-order valence-electron chi connectivity index (χ4n) is 3.56. The Morgan fingerprint density at radius 1 is 0.842 bits per heavy atom. The lowest BCUT2D eigenvalue weighted by molar-refractivity contribution is -0.144. The predicted octanol–water partition coefficient (Wildman–Crippen LogP) is -2.09. The van der Waals surface area contributed by atoms with Crippen molar-refractivity contribution in [2.45, 2.75) is 49.9 Å². The van der Waals surface area contributed by atoms with E-state index in [4.69, 9.17) is 10.8 Å². The number of aliphatic carboxylic acids is 3. The van der Waals surface area contributed by atoms with Gasteiger partial charge >= 0.3 is 17.9 Å². The number of para-hydroxylation sites is 1. The van der Waals surface area contributed by atoms with Crippen LogP contribution in [0.1, 0.15) is 24.8 Å². The van der Waals surface area contributed by atoms with E-state index in [0.29, 0.717) is 0 Å². The number of aliphatic hydroxyl groups is 1. The van der Waals surface area contributed by atoms with Crippen LogP contribution in [0.25, 0.3) is 10.9 Å². The number of aromatic amines is 1. The number of nitrogens with two attached hydrogens (primary N) is 1. The molecule has 10 N–H and O–H groups in total. The second-order valence-corrected chi connectivity index (χ2v) is 8.40. The van der Waals surface area contributed by atoms with Gasteiger partial charge in [-0.25, -0.2) is 4.79 Å². The van der Waals surface area contributed by atoms with Crippen LogP contribution in [0, 0.1) is 0 Å². The molecule has 15 heteroatoms. The quantitative estimate of drug-likeness (QED) is 0.119. The van der Waals surface area contributed by atoms with Gasteiger partial charge in [0, 0.05) is 23.5 Å². The Bertz CT molecular complexity index is 1200.